The molecular formula is C24H30ClN3O6S2. The van der Waals surface area contributed by atoms with Crippen LogP contribution in [0.4, 0.5) is 0 Å². The first kappa shape index (κ1) is 26.9. The minimum Gasteiger partial charge on any atom is -0.482 e. The second-order valence-electron chi connectivity index (χ2n) is 9.02. The van der Waals surface area contributed by atoms with Gasteiger partial charge in [0.25, 0.3) is 5.91 Å². The summed E-state index contributed by atoms with van der Waals surface area (Å²) in [6.45, 7) is 0.970. The van der Waals surface area contributed by atoms with E-state index in [9.17, 15) is 21.6 Å². The summed E-state index contributed by atoms with van der Waals surface area (Å²) in [5.41, 5.74) is 0.742. The van der Waals surface area contributed by atoms with E-state index in [-0.39, 0.29) is 39.8 Å². The first-order valence-electron chi connectivity index (χ1n) is 12.0. The molecule has 196 valence electrons. The number of hydrogen-bond donors (Lipinski definition) is 2. The highest BCUT2D eigenvalue weighted by molar-refractivity contribution is 7.89. The Labute approximate surface area is 217 Å². The average molecular weight is 556 g/mol. The predicted molar refractivity (Wildman–Crippen MR) is 136 cm³/mol. The highest BCUT2D eigenvalue weighted by Gasteiger charge is 2.27. The molecule has 2 N–H and O–H groups in total. The fourth-order valence-electron chi connectivity index (χ4n) is 4.35. The standard InChI is InChI=1S/C24H30ClN3O6S2/c25-22-15-21(35(30,31)27-19-5-1-2-6-19)11-12-23(22)34-17-24(29)26-16-18-7-9-20(10-8-18)36(32,33)28-13-3-4-14-28/h7-12,15,19,27H,1-6,13-14,16-17H2,(H,26,29). The van der Waals surface area contributed by atoms with E-state index >= 15 is 0 Å². The molecular weight excluding hydrogens is 526 g/mol. The van der Waals surface area contributed by atoms with Crippen molar-refractivity contribution in [3.63, 3.8) is 0 Å². The zero-order valence-electron chi connectivity index (χ0n) is 19.8. The van der Waals surface area contributed by atoms with Crippen molar-refractivity contribution in [1.82, 2.24) is 14.3 Å². The van der Waals surface area contributed by atoms with Crippen molar-refractivity contribution in [3.05, 3.63) is 53.1 Å². The van der Waals surface area contributed by atoms with Crippen molar-refractivity contribution in [3.8, 4) is 5.75 Å². The van der Waals surface area contributed by atoms with Crippen molar-refractivity contribution >= 4 is 37.6 Å². The molecule has 4 rings (SSSR count). The fraction of sp³-hybridized carbons (Fsp3) is 0.458. The maximum atomic E-state index is 12.6. The van der Waals surface area contributed by atoms with Crippen LogP contribution < -0.4 is 14.8 Å². The van der Waals surface area contributed by atoms with Crippen LogP contribution in [0, 0.1) is 0 Å². The molecule has 0 atom stereocenters. The van der Waals surface area contributed by atoms with Gasteiger partial charge in [0, 0.05) is 25.7 Å². The number of carbonyl (C=O) groups is 1. The van der Waals surface area contributed by atoms with Gasteiger partial charge in [0.15, 0.2) is 6.61 Å². The number of amides is 1. The minimum atomic E-state index is -3.68. The van der Waals surface area contributed by atoms with Gasteiger partial charge in [-0.3, -0.25) is 4.79 Å². The molecule has 12 heteroatoms. The first-order chi connectivity index (χ1) is 17.1. The molecule has 2 aliphatic rings. The van der Waals surface area contributed by atoms with Gasteiger partial charge in [0.1, 0.15) is 5.75 Å². The summed E-state index contributed by atoms with van der Waals surface area (Å²) in [4.78, 5) is 12.5. The predicted octanol–water partition coefficient (Wildman–Crippen LogP) is 3.04. The van der Waals surface area contributed by atoms with Crippen molar-refractivity contribution < 1.29 is 26.4 Å². The number of sulfonamides is 2. The van der Waals surface area contributed by atoms with Crippen LogP contribution in [0.3, 0.4) is 0 Å². The van der Waals surface area contributed by atoms with E-state index in [4.69, 9.17) is 16.3 Å². The summed E-state index contributed by atoms with van der Waals surface area (Å²) in [6.07, 6.45) is 5.41. The molecule has 0 aromatic heterocycles. The summed E-state index contributed by atoms with van der Waals surface area (Å²) >= 11 is 6.21. The molecule has 0 spiro atoms. The quantitative estimate of drug-likeness (QED) is 0.465. The highest BCUT2D eigenvalue weighted by Crippen LogP contribution is 2.28. The van der Waals surface area contributed by atoms with Crippen LogP contribution in [0.2, 0.25) is 5.02 Å². The van der Waals surface area contributed by atoms with Crippen LogP contribution >= 0.6 is 11.6 Å². The third-order valence-electron chi connectivity index (χ3n) is 6.37. The maximum Gasteiger partial charge on any atom is 0.258 e. The average Bonchev–Trinajstić information content (AvgIpc) is 3.57. The number of hydrogen-bond acceptors (Lipinski definition) is 6. The Hall–Kier alpha value is -2.18. The maximum absolute atomic E-state index is 12.6. The summed E-state index contributed by atoms with van der Waals surface area (Å²) in [5.74, 6) is -0.206. The zero-order valence-corrected chi connectivity index (χ0v) is 22.2. The number of nitrogens with one attached hydrogen (secondary N) is 2. The Balaban J connectivity index is 1.27. The van der Waals surface area contributed by atoms with Gasteiger partial charge >= 0.3 is 0 Å². The highest BCUT2D eigenvalue weighted by atomic mass is 35.5. The SMILES string of the molecule is O=C(COc1ccc(S(=O)(=O)NC2CCCC2)cc1Cl)NCc1ccc(S(=O)(=O)N2CCCC2)cc1. The molecule has 1 saturated heterocycles. The van der Waals surface area contributed by atoms with Crippen LogP contribution in [0.5, 0.6) is 5.75 Å². The van der Waals surface area contributed by atoms with Crippen LogP contribution in [0.1, 0.15) is 44.1 Å². The van der Waals surface area contributed by atoms with Crippen LogP contribution in [-0.4, -0.2) is 52.8 Å². The number of rotatable bonds is 10. The molecule has 9 nitrogen and oxygen atoms in total. The van der Waals surface area contributed by atoms with Crippen LogP contribution in [0.15, 0.2) is 52.3 Å². The molecule has 0 unspecified atom stereocenters. The van der Waals surface area contributed by atoms with Gasteiger partial charge in [-0.1, -0.05) is 36.6 Å². The lowest BCUT2D eigenvalue weighted by molar-refractivity contribution is -0.123. The van der Waals surface area contributed by atoms with E-state index in [1.165, 1.54) is 22.5 Å². The van der Waals surface area contributed by atoms with E-state index in [1.807, 2.05) is 0 Å². The second kappa shape index (κ2) is 11.5. The van der Waals surface area contributed by atoms with E-state index < -0.39 is 26.0 Å². The molecule has 1 saturated carbocycles. The number of nitrogens with zero attached hydrogens (tertiary/aromatic N) is 1. The Morgan fingerprint density at radius 2 is 1.58 bits per heavy atom. The lowest BCUT2D eigenvalue weighted by Crippen LogP contribution is -2.32. The number of benzene rings is 2. The Bertz CT molecular complexity index is 1290. The van der Waals surface area contributed by atoms with E-state index in [1.54, 1.807) is 24.3 Å². The van der Waals surface area contributed by atoms with Gasteiger partial charge in [-0.2, -0.15) is 4.31 Å². The van der Waals surface area contributed by atoms with E-state index in [0.717, 1.165) is 44.1 Å². The number of ether oxygens (including phenoxy) is 1. The summed E-state index contributed by atoms with van der Waals surface area (Å²) < 4.78 is 60.0. The lowest BCUT2D eigenvalue weighted by Gasteiger charge is -2.15. The van der Waals surface area contributed by atoms with Gasteiger partial charge in [-0.25, -0.2) is 21.6 Å². The van der Waals surface area contributed by atoms with Gasteiger partial charge in [-0.15, -0.1) is 0 Å². The van der Waals surface area contributed by atoms with E-state index in [0.29, 0.717) is 13.1 Å². The summed E-state index contributed by atoms with van der Waals surface area (Å²) in [5, 5.41) is 2.79. The molecule has 1 heterocycles. The summed E-state index contributed by atoms with van der Waals surface area (Å²) in [6, 6.07) is 10.5. The van der Waals surface area contributed by atoms with Crippen molar-refractivity contribution in [2.45, 2.75) is 60.9 Å². The van der Waals surface area contributed by atoms with Crippen LogP contribution in [0.25, 0.3) is 0 Å². The second-order valence-corrected chi connectivity index (χ2v) is 13.1. The van der Waals surface area contributed by atoms with Gasteiger partial charge < -0.3 is 10.1 Å². The topological polar surface area (TPSA) is 122 Å². The monoisotopic (exact) mass is 555 g/mol. The van der Waals surface area contributed by atoms with Crippen molar-refractivity contribution in [1.29, 1.82) is 0 Å². The molecule has 0 bridgehead atoms. The molecule has 0 radical (unpaired) electrons. The Morgan fingerprint density at radius 1 is 0.944 bits per heavy atom. The third-order valence-corrected chi connectivity index (χ3v) is 10.1. The summed E-state index contributed by atoms with van der Waals surface area (Å²) in [7, 11) is -7.16. The number of carbonyl (C=O) groups excluding carboxylic acids is 1. The largest absolute Gasteiger partial charge is 0.482 e. The molecule has 2 aromatic carbocycles. The zero-order chi connectivity index (χ0) is 25.8. The van der Waals surface area contributed by atoms with E-state index in [2.05, 4.69) is 10.0 Å². The first-order valence-corrected chi connectivity index (χ1v) is 15.3. The lowest BCUT2D eigenvalue weighted by atomic mass is 10.2. The number of halogens is 1. The molecule has 2 aromatic rings. The Morgan fingerprint density at radius 3 is 2.22 bits per heavy atom. The molecule has 2 fully saturated rings. The Kier molecular flexibility index (Phi) is 8.56. The minimum absolute atomic E-state index is 0.0476. The molecule has 1 aliphatic heterocycles. The van der Waals surface area contributed by atoms with Crippen LogP contribution in [-0.2, 0) is 31.4 Å². The smallest absolute Gasteiger partial charge is 0.258 e. The van der Waals surface area contributed by atoms with Gasteiger partial charge in [0.05, 0.1) is 14.8 Å². The molecule has 1 amide bonds. The van der Waals surface area contributed by atoms with Gasteiger partial charge in [0.2, 0.25) is 20.0 Å². The van der Waals surface area contributed by atoms with Gasteiger partial charge in [-0.05, 0) is 61.6 Å². The van der Waals surface area contributed by atoms with Crippen molar-refractivity contribution in [2.24, 2.45) is 0 Å². The molecule has 36 heavy (non-hydrogen) atoms. The normalized spacial score (nSPS) is 17.4. The fourth-order valence-corrected chi connectivity index (χ4v) is 7.50. The third kappa shape index (κ3) is 6.57. The van der Waals surface area contributed by atoms with Crippen molar-refractivity contribution in [2.75, 3.05) is 19.7 Å². The molecule has 1 aliphatic carbocycles.